The normalized spacial score (nSPS) is 11.8. The second-order valence-electron chi connectivity index (χ2n) is 13.2. The minimum absolute atomic E-state index is 0.0191. The van der Waals surface area contributed by atoms with Gasteiger partial charge in [0.05, 0.1) is 91.1 Å². The van der Waals surface area contributed by atoms with Crippen LogP contribution in [0.15, 0.2) is 35.3 Å². The van der Waals surface area contributed by atoms with Crippen LogP contribution in [0.1, 0.15) is 49.7 Å². The number of hydrogen-bond acceptors (Lipinski definition) is 16. The fraction of sp³-hybridized carbons (Fsp3) is 0.553. The van der Waals surface area contributed by atoms with E-state index in [4.69, 9.17) is 45.3 Å². The number of H-pyrrole nitrogens is 1. The molecule has 1 aromatic carbocycles. The lowest BCUT2D eigenvalue weighted by Gasteiger charge is -2.24. The van der Waals surface area contributed by atoms with Gasteiger partial charge in [0.25, 0.3) is 11.5 Å². The number of carbonyl (C=O) groups is 3. The van der Waals surface area contributed by atoms with Gasteiger partial charge in [-0.3, -0.25) is 19.4 Å². The highest BCUT2D eigenvalue weighted by atomic mass is 16.6. The number of nitrogen functional groups attached to an aromatic ring is 1. The molecule has 0 radical (unpaired) electrons. The smallest absolute Gasteiger partial charge is 0.329 e. The molecule has 0 aliphatic rings. The molecule has 0 spiro atoms. The lowest BCUT2D eigenvalue weighted by atomic mass is 10.1. The van der Waals surface area contributed by atoms with E-state index in [1.807, 2.05) is 0 Å². The molecule has 0 saturated heterocycles. The average Bonchev–Trinajstić information content (AvgIpc) is 3.17. The lowest BCUT2D eigenvalue weighted by molar-refractivity contribution is -0.157. The summed E-state index contributed by atoms with van der Waals surface area (Å²) in [7, 11) is 0. The zero-order chi connectivity index (χ0) is 41.3. The number of benzene rings is 1. The third kappa shape index (κ3) is 19.5. The van der Waals surface area contributed by atoms with E-state index < -0.39 is 29.1 Å². The molecule has 0 aliphatic heterocycles. The van der Waals surface area contributed by atoms with Crippen molar-refractivity contribution >= 4 is 40.6 Å². The van der Waals surface area contributed by atoms with Crippen LogP contribution in [0.2, 0.25) is 0 Å². The van der Waals surface area contributed by atoms with Crippen molar-refractivity contribution in [1.29, 1.82) is 0 Å². The minimum atomic E-state index is -1.07. The van der Waals surface area contributed by atoms with Crippen LogP contribution < -0.4 is 27.2 Å². The van der Waals surface area contributed by atoms with Crippen molar-refractivity contribution in [2.45, 2.75) is 51.8 Å². The number of terminal acetylenes is 1. The second-order valence-corrected chi connectivity index (χ2v) is 13.2. The van der Waals surface area contributed by atoms with E-state index in [0.717, 1.165) is 0 Å². The highest BCUT2D eigenvalue weighted by Crippen LogP contribution is 2.14. The third-order valence-electron chi connectivity index (χ3n) is 7.38. The van der Waals surface area contributed by atoms with Crippen LogP contribution >= 0.6 is 0 Å². The summed E-state index contributed by atoms with van der Waals surface area (Å²) in [6.45, 7) is 10.5. The Labute approximate surface area is 331 Å². The fourth-order valence-electron chi connectivity index (χ4n) is 4.71. The number of aromatic nitrogens is 4. The van der Waals surface area contributed by atoms with Gasteiger partial charge in [-0.15, -0.1) is 6.42 Å². The summed E-state index contributed by atoms with van der Waals surface area (Å²) in [6, 6.07) is 5.45. The predicted molar refractivity (Wildman–Crippen MR) is 209 cm³/mol. The summed E-state index contributed by atoms with van der Waals surface area (Å²) < 4.78 is 37.8. The van der Waals surface area contributed by atoms with Crippen LogP contribution in [0.25, 0.3) is 11.2 Å². The molecule has 312 valence electrons. The first-order chi connectivity index (χ1) is 27.4. The molecule has 0 fully saturated rings. The zero-order valence-electron chi connectivity index (χ0n) is 32.8. The highest BCUT2D eigenvalue weighted by molar-refractivity contribution is 5.97. The van der Waals surface area contributed by atoms with Gasteiger partial charge in [-0.25, -0.2) is 14.8 Å². The van der Waals surface area contributed by atoms with E-state index in [1.54, 1.807) is 45.0 Å². The number of rotatable bonds is 28. The largest absolute Gasteiger partial charge is 0.458 e. The maximum atomic E-state index is 13.2. The van der Waals surface area contributed by atoms with E-state index in [9.17, 15) is 19.2 Å². The summed E-state index contributed by atoms with van der Waals surface area (Å²) in [5.41, 5.74) is 5.90. The number of nitrogens with two attached hydrogens (primary N) is 1. The topological polar surface area (TPSA) is 249 Å². The fourth-order valence-corrected chi connectivity index (χ4v) is 4.71. The molecule has 0 saturated carbocycles. The van der Waals surface area contributed by atoms with Crippen LogP contribution in [0.3, 0.4) is 0 Å². The Hall–Kier alpha value is -5.23. The maximum absolute atomic E-state index is 13.2. The number of hydrogen-bond donors (Lipinski definition) is 5. The Morgan fingerprint density at radius 2 is 1.44 bits per heavy atom. The molecule has 2 aromatic heterocycles. The predicted octanol–water partition coefficient (Wildman–Crippen LogP) is 0.977. The quantitative estimate of drug-likeness (QED) is 0.0390. The van der Waals surface area contributed by atoms with Crippen LogP contribution in [0.4, 0.5) is 11.6 Å². The molecule has 19 nitrogen and oxygen atoms in total. The lowest BCUT2D eigenvalue weighted by Crippen LogP contribution is -2.45. The number of nitrogens with zero attached hydrogens (tertiary/aromatic N) is 3. The van der Waals surface area contributed by atoms with E-state index in [0.29, 0.717) is 77.5 Å². The Morgan fingerprint density at radius 3 is 2.02 bits per heavy atom. The van der Waals surface area contributed by atoms with E-state index >= 15 is 0 Å². The Morgan fingerprint density at radius 1 is 0.860 bits per heavy atom. The van der Waals surface area contributed by atoms with Gasteiger partial charge in [0.1, 0.15) is 18.2 Å². The first kappa shape index (κ1) is 46.2. The van der Waals surface area contributed by atoms with Crippen LogP contribution in [-0.2, 0) is 49.3 Å². The summed E-state index contributed by atoms with van der Waals surface area (Å²) in [5.74, 6) is 0.853. The van der Waals surface area contributed by atoms with Crippen LogP contribution in [0.5, 0.6) is 0 Å². The molecule has 3 aromatic rings. The van der Waals surface area contributed by atoms with Gasteiger partial charge in [-0.2, -0.15) is 4.98 Å². The van der Waals surface area contributed by atoms with Gasteiger partial charge in [0.2, 0.25) is 11.9 Å². The summed E-state index contributed by atoms with van der Waals surface area (Å²) in [6.07, 6.45) is 6.55. The number of carbonyl (C=O) groups excluding carboxylic acids is 3. The molecule has 1 atom stereocenters. The number of aromatic amines is 1. The molecule has 57 heavy (non-hydrogen) atoms. The summed E-state index contributed by atoms with van der Waals surface area (Å²) >= 11 is 0. The summed E-state index contributed by atoms with van der Waals surface area (Å²) in [5, 5.41) is 8.60. The Balaban J connectivity index is 1.29. The third-order valence-corrected chi connectivity index (χ3v) is 7.38. The zero-order valence-corrected chi connectivity index (χ0v) is 32.8. The molecule has 6 N–H and O–H groups in total. The standard InChI is InChI=1S/C38H54N8O11/c1-5-13-51-15-17-53-19-21-55-23-24-56-22-20-54-18-16-52-14-12-40-31(47)11-10-30(36(50)57-38(2,3)4)44-34(48)27-6-8-28(9-7-27)41-25-29-26-42-33-32(43-29)35(49)46-37(39)45-33/h1,6-9,26,30,41H,10-25H2,2-4H3,(H,40,47)(H,44,48)(H3,39,42,45,46,49)/t30-/m1/s1. The molecule has 2 amide bonds. The number of esters is 1. The van der Waals surface area contributed by atoms with Gasteiger partial charge in [0, 0.05) is 24.2 Å². The van der Waals surface area contributed by atoms with Crippen molar-refractivity contribution in [2.75, 3.05) is 96.9 Å². The van der Waals surface area contributed by atoms with E-state index in [-0.39, 0.29) is 67.7 Å². The van der Waals surface area contributed by atoms with Crippen molar-refractivity contribution in [3.63, 3.8) is 0 Å². The Bertz CT molecular complexity index is 1780. The second kappa shape index (κ2) is 25.8. The molecular formula is C38H54N8O11. The van der Waals surface area contributed by atoms with Gasteiger partial charge >= 0.3 is 5.97 Å². The number of ether oxygens (including phenoxy) is 7. The SMILES string of the molecule is C#CCOCCOCCOCCOCCOCCOCCNC(=O)CC[C@@H](NC(=O)c1ccc(NCc2cnc3nc(N)[nH]c(=O)c3n2)cc1)C(=O)OC(C)(C)C. The van der Waals surface area contributed by atoms with Crippen molar-refractivity contribution in [1.82, 2.24) is 30.6 Å². The van der Waals surface area contributed by atoms with Gasteiger partial charge in [-0.05, 0) is 51.5 Å². The van der Waals surface area contributed by atoms with Crippen molar-refractivity contribution in [3.05, 3.63) is 52.1 Å². The first-order valence-corrected chi connectivity index (χ1v) is 18.5. The molecule has 3 rings (SSSR count). The average molecular weight is 799 g/mol. The van der Waals surface area contributed by atoms with E-state index in [1.165, 1.54) is 6.20 Å². The molecule has 19 heteroatoms. The van der Waals surface area contributed by atoms with Gasteiger partial charge in [0.15, 0.2) is 11.2 Å². The summed E-state index contributed by atoms with van der Waals surface area (Å²) in [4.78, 5) is 65.6. The first-order valence-electron chi connectivity index (χ1n) is 18.5. The van der Waals surface area contributed by atoms with Gasteiger partial charge < -0.3 is 54.8 Å². The molecule has 2 heterocycles. The highest BCUT2D eigenvalue weighted by Gasteiger charge is 2.27. The van der Waals surface area contributed by atoms with Crippen LogP contribution in [0, 0.1) is 12.3 Å². The number of fused-ring (bicyclic) bond motifs is 1. The number of amides is 2. The maximum Gasteiger partial charge on any atom is 0.329 e. The molecular weight excluding hydrogens is 744 g/mol. The van der Waals surface area contributed by atoms with Crippen molar-refractivity contribution in [2.24, 2.45) is 0 Å². The van der Waals surface area contributed by atoms with Gasteiger partial charge in [-0.1, -0.05) is 5.92 Å². The minimum Gasteiger partial charge on any atom is -0.458 e. The van der Waals surface area contributed by atoms with E-state index in [2.05, 4.69) is 41.8 Å². The number of nitrogens with one attached hydrogen (secondary N) is 4. The van der Waals surface area contributed by atoms with Crippen molar-refractivity contribution < 1.29 is 47.5 Å². The Kier molecular flexibility index (Phi) is 20.9. The monoisotopic (exact) mass is 798 g/mol. The van der Waals surface area contributed by atoms with Crippen LogP contribution in [-0.4, -0.2) is 135 Å². The molecule has 0 bridgehead atoms. The molecule has 0 unspecified atom stereocenters. The molecule has 0 aliphatic carbocycles. The number of anilines is 2. The van der Waals surface area contributed by atoms with Crippen molar-refractivity contribution in [3.8, 4) is 12.3 Å².